The lowest BCUT2D eigenvalue weighted by Crippen LogP contribution is -2.40. The van der Waals surface area contributed by atoms with Gasteiger partial charge in [0.2, 0.25) is 0 Å². The van der Waals surface area contributed by atoms with E-state index in [1.807, 2.05) is 68.4 Å². The van der Waals surface area contributed by atoms with E-state index >= 15 is 0 Å². The van der Waals surface area contributed by atoms with Gasteiger partial charge in [-0.25, -0.2) is 4.79 Å². The van der Waals surface area contributed by atoms with Crippen molar-refractivity contribution in [1.82, 2.24) is 0 Å². The Labute approximate surface area is 193 Å². The number of anilines is 3. The van der Waals surface area contributed by atoms with Crippen molar-refractivity contribution in [3.8, 4) is 11.5 Å². The number of carbonyl (C=O) groups is 2. The van der Waals surface area contributed by atoms with Crippen molar-refractivity contribution >= 4 is 28.9 Å². The summed E-state index contributed by atoms with van der Waals surface area (Å²) < 4.78 is 15.8. The molecule has 7 nitrogen and oxygen atoms in total. The molecule has 1 amide bonds. The number of nitrogens with zero attached hydrogens (tertiary/aromatic N) is 1. The number of hydrogen-bond acceptors (Lipinski definition) is 6. The molecule has 0 saturated carbocycles. The molecule has 0 aliphatic heterocycles. The van der Waals surface area contributed by atoms with Crippen molar-refractivity contribution < 1.29 is 23.8 Å². The highest BCUT2D eigenvalue weighted by Crippen LogP contribution is 2.26. The van der Waals surface area contributed by atoms with Crippen LogP contribution in [0.5, 0.6) is 11.5 Å². The van der Waals surface area contributed by atoms with Gasteiger partial charge in [0.15, 0.2) is 24.7 Å². The molecule has 0 radical (unpaired) electrons. The van der Waals surface area contributed by atoms with Gasteiger partial charge in [0, 0.05) is 23.1 Å². The van der Waals surface area contributed by atoms with E-state index in [0.29, 0.717) is 11.5 Å². The molecule has 1 N–H and O–H groups in total. The maximum atomic E-state index is 12.8. The molecule has 0 unspecified atom stereocenters. The molecule has 0 fully saturated rings. The molecule has 172 valence electrons. The van der Waals surface area contributed by atoms with Crippen LogP contribution in [0.3, 0.4) is 0 Å². The Bertz CT molecular complexity index is 1050. The summed E-state index contributed by atoms with van der Waals surface area (Å²) in [6.07, 6.45) is 0. The molecule has 0 aliphatic rings. The number of benzene rings is 3. The second-order valence-corrected chi connectivity index (χ2v) is 7.50. The van der Waals surface area contributed by atoms with Crippen LogP contribution < -0.4 is 19.7 Å². The van der Waals surface area contributed by atoms with Gasteiger partial charge in [0.25, 0.3) is 5.91 Å². The van der Waals surface area contributed by atoms with Crippen LogP contribution in [0.25, 0.3) is 0 Å². The zero-order valence-electron chi connectivity index (χ0n) is 19.0. The third-order valence-corrected chi connectivity index (χ3v) is 4.76. The zero-order chi connectivity index (χ0) is 23.6. The van der Waals surface area contributed by atoms with Crippen molar-refractivity contribution in [2.75, 3.05) is 30.5 Å². The van der Waals surface area contributed by atoms with Crippen LogP contribution in [0, 0.1) is 0 Å². The fourth-order valence-electron chi connectivity index (χ4n) is 3.25. The molecule has 3 rings (SSSR count). The second kappa shape index (κ2) is 11.6. The Morgan fingerprint density at radius 2 is 1.42 bits per heavy atom. The van der Waals surface area contributed by atoms with Gasteiger partial charge in [-0.15, -0.1) is 0 Å². The number of para-hydroxylation sites is 3. The van der Waals surface area contributed by atoms with Gasteiger partial charge in [-0.1, -0.05) is 30.3 Å². The Morgan fingerprint density at radius 1 is 0.818 bits per heavy atom. The molecule has 0 bridgehead atoms. The Hall–Kier alpha value is -4.00. The molecule has 33 heavy (non-hydrogen) atoms. The largest absolute Gasteiger partial charge is 0.493 e. The Morgan fingerprint density at radius 3 is 2.06 bits per heavy atom. The van der Waals surface area contributed by atoms with E-state index in [1.165, 1.54) is 7.11 Å². The number of hydrogen-bond donors (Lipinski definition) is 1. The van der Waals surface area contributed by atoms with Crippen LogP contribution in [0.15, 0.2) is 78.9 Å². The van der Waals surface area contributed by atoms with Crippen LogP contribution in [0.1, 0.15) is 13.8 Å². The zero-order valence-corrected chi connectivity index (χ0v) is 19.0. The first-order valence-electron chi connectivity index (χ1n) is 10.6. The fraction of sp³-hybridized carbons (Fsp3) is 0.231. The summed E-state index contributed by atoms with van der Waals surface area (Å²) >= 11 is 0. The Kier molecular flexibility index (Phi) is 8.30. The number of rotatable bonds is 10. The highest BCUT2D eigenvalue weighted by atomic mass is 16.6. The van der Waals surface area contributed by atoms with Crippen molar-refractivity contribution in [1.29, 1.82) is 0 Å². The highest BCUT2D eigenvalue weighted by Gasteiger charge is 2.21. The minimum atomic E-state index is -0.639. The average molecular weight is 449 g/mol. The van der Waals surface area contributed by atoms with Gasteiger partial charge >= 0.3 is 5.97 Å². The van der Waals surface area contributed by atoms with Crippen LogP contribution >= 0.6 is 0 Å². The number of nitrogens with one attached hydrogen (secondary N) is 1. The lowest BCUT2D eigenvalue weighted by atomic mass is 10.2. The monoisotopic (exact) mass is 448 g/mol. The number of methoxy groups -OCH3 is 1. The summed E-state index contributed by atoms with van der Waals surface area (Å²) in [4.78, 5) is 26.5. The summed E-state index contributed by atoms with van der Waals surface area (Å²) in [5.74, 6) is -0.0198. The summed E-state index contributed by atoms with van der Waals surface area (Å²) in [6.45, 7) is 3.10. The maximum absolute atomic E-state index is 12.8. The van der Waals surface area contributed by atoms with Crippen LogP contribution in [0.2, 0.25) is 0 Å². The molecule has 0 aromatic heterocycles. The quantitative estimate of drug-likeness (QED) is 0.449. The first-order valence-corrected chi connectivity index (χ1v) is 10.6. The molecule has 0 saturated heterocycles. The van der Waals surface area contributed by atoms with Crippen LogP contribution in [-0.4, -0.2) is 38.2 Å². The predicted molar refractivity (Wildman–Crippen MR) is 128 cm³/mol. The summed E-state index contributed by atoms with van der Waals surface area (Å²) in [7, 11) is 1.52. The lowest BCUT2D eigenvalue weighted by Gasteiger charge is -2.27. The molecule has 7 heteroatoms. The standard InChI is InChI=1S/C26H28N2O5/c1-19(2)28(22-15-13-21(14-16-22)27-20-9-5-4-6-10-20)25(29)17-33-26(30)18-32-24-12-8-7-11-23(24)31-3/h4-16,19,27H,17-18H2,1-3H3. The van der Waals surface area contributed by atoms with Crippen molar-refractivity contribution in [3.05, 3.63) is 78.9 Å². The average Bonchev–Trinajstić information content (AvgIpc) is 2.83. The van der Waals surface area contributed by atoms with Crippen molar-refractivity contribution in [3.63, 3.8) is 0 Å². The molecular weight excluding hydrogens is 420 g/mol. The van der Waals surface area contributed by atoms with E-state index < -0.39 is 5.97 Å². The molecule has 0 aliphatic carbocycles. The van der Waals surface area contributed by atoms with Crippen LogP contribution in [-0.2, 0) is 14.3 Å². The lowest BCUT2D eigenvalue weighted by molar-refractivity contribution is -0.149. The maximum Gasteiger partial charge on any atom is 0.344 e. The molecule has 0 atom stereocenters. The first kappa shape index (κ1) is 23.7. The molecule has 0 heterocycles. The van der Waals surface area contributed by atoms with Crippen molar-refractivity contribution in [2.45, 2.75) is 19.9 Å². The van der Waals surface area contributed by atoms with E-state index in [4.69, 9.17) is 14.2 Å². The molecule has 3 aromatic rings. The molecular formula is C26H28N2O5. The summed E-state index contributed by atoms with van der Waals surface area (Å²) in [5.41, 5.74) is 2.60. The van der Waals surface area contributed by atoms with Gasteiger partial charge in [0.1, 0.15) is 0 Å². The van der Waals surface area contributed by atoms with E-state index in [0.717, 1.165) is 17.1 Å². The van der Waals surface area contributed by atoms with Crippen molar-refractivity contribution in [2.24, 2.45) is 0 Å². The smallest absolute Gasteiger partial charge is 0.344 e. The van der Waals surface area contributed by atoms with Gasteiger partial charge in [-0.05, 0) is 62.4 Å². The molecule has 3 aromatic carbocycles. The van der Waals surface area contributed by atoms with E-state index in [-0.39, 0.29) is 25.2 Å². The number of ether oxygens (including phenoxy) is 3. The summed E-state index contributed by atoms with van der Waals surface area (Å²) in [6, 6.07) is 24.2. The first-order chi connectivity index (χ1) is 16.0. The third kappa shape index (κ3) is 6.74. The van der Waals surface area contributed by atoms with Gasteiger partial charge < -0.3 is 24.4 Å². The number of esters is 1. The van der Waals surface area contributed by atoms with Gasteiger partial charge in [-0.2, -0.15) is 0 Å². The van der Waals surface area contributed by atoms with Gasteiger partial charge in [-0.3, -0.25) is 4.79 Å². The van der Waals surface area contributed by atoms with E-state index in [1.54, 1.807) is 29.2 Å². The number of amides is 1. The summed E-state index contributed by atoms with van der Waals surface area (Å²) in [5, 5.41) is 3.31. The highest BCUT2D eigenvalue weighted by molar-refractivity contribution is 5.96. The molecule has 0 spiro atoms. The van der Waals surface area contributed by atoms with Gasteiger partial charge in [0.05, 0.1) is 7.11 Å². The Balaban J connectivity index is 1.55. The minimum absolute atomic E-state index is 0.117. The normalized spacial score (nSPS) is 10.4. The number of carbonyl (C=O) groups excluding carboxylic acids is 2. The second-order valence-electron chi connectivity index (χ2n) is 7.50. The van der Waals surface area contributed by atoms with E-state index in [2.05, 4.69) is 5.32 Å². The SMILES string of the molecule is COc1ccccc1OCC(=O)OCC(=O)N(c1ccc(Nc2ccccc2)cc1)C(C)C. The predicted octanol–water partition coefficient (Wildman–Crippen LogP) is 4.80. The third-order valence-electron chi connectivity index (χ3n) is 4.76. The van der Waals surface area contributed by atoms with E-state index in [9.17, 15) is 9.59 Å². The van der Waals surface area contributed by atoms with Crippen LogP contribution in [0.4, 0.5) is 17.1 Å². The fourth-order valence-corrected chi connectivity index (χ4v) is 3.25. The topological polar surface area (TPSA) is 77.1 Å². The minimum Gasteiger partial charge on any atom is -0.493 e.